The van der Waals surface area contributed by atoms with E-state index in [0.29, 0.717) is 18.1 Å². The van der Waals surface area contributed by atoms with E-state index in [0.717, 1.165) is 11.3 Å². The maximum atomic E-state index is 11.7. The molecule has 1 heterocycles. The van der Waals surface area contributed by atoms with Gasteiger partial charge in [-0.05, 0) is 42.0 Å². The van der Waals surface area contributed by atoms with Crippen molar-refractivity contribution in [2.24, 2.45) is 5.10 Å². The van der Waals surface area contributed by atoms with Crippen molar-refractivity contribution in [3.05, 3.63) is 84.3 Å². The fraction of sp³-hybridized carbons (Fsp3) is 0.100. The van der Waals surface area contributed by atoms with Gasteiger partial charge in [-0.15, -0.1) is 0 Å². The normalized spacial score (nSPS) is 10.6. The number of furan rings is 1. The highest BCUT2D eigenvalue weighted by molar-refractivity contribution is 5.81. The van der Waals surface area contributed by atoms with Crippen LogP contribution in [-0.4, -0.2) is 18.7 Å². The lowest BCUT2D eigenvalue weighted by Crippen LogP contribution is -2.24. The summed E-state index contributed by atoms with van der Waals surface area (Å²) in [4.78, 5) is 11.7. The summed E-state index contributed by atoms with van der Waals surface area (Å²) in [7, 11) is 0. The first-order valence-electron chi connectivity index (χ1n) is 8.04. The third kappa shape index (κ3) is 5.52. The Morgan fingerprint density at radius 1 is 0.962 bits per heavy atom. The number of nitrogens with one attached hydrogen (secondary N) is 1. The van der Waals surface area contributed by atoms with Crippen molar-refractivity contribution in [2.45, 2.75) is 6.61 Å². The number of amides is 1. The summed E-state index contributed by atoms with van der Waals surface area (Å²) in [6, 6.07) is 20.5. The van der Waals surface area contributed by atoms with Crippen LogP contribution in [0.3, 0.4) is 0 Å². The first-order chi connectivity index (χ1) is 12.8. The highest BCUT2D eigenvalue weighted by Crippen LogP contribution is 2.18. The van der Waals surface area contributed by atoms with Gasteiger partial charge in [-0.2, -0.15) is 5.10 Å². The van der Waals surface area contributed by atoms with E-state index in [2.05, 4.69) is 10.5 Å². The van der Waals surface area contributed by atoms with E-state index >= 15 is 0 Å². The number of ether oxygens (including phenoxy) is 2. The van der Waals surface area contributed by atoms with Crippen LogP contribution >= 0.6 is 0 Å². The van der Waals surface area contributed by atoms with Gasteiger partial charge in [0.2, 0.25) is 0 Å². The standard InChI is InChI=1S/C20H18N2O4/c23-20(22-21-13-19-7-4-12-24-19)15-26-18-10-8-17(9-11-18)25-14-16-5-2-1-3-6-16/h1-13H,14-15H2,(H,22,23)/b21-13-. The maximum absolute atomic E-state index is 11.7. The smallest absolute Gasteiger partial charge is 0.277 e. The second-order valence-electron chi connectivity index (χ2n) is 5.34. The van der Waals surface area contributed by atoms with Gasteiger partial charge in [0.15, 0.2) is 6.61 Å². The first kappa shape index (κ1) is 17.3. The lowest BCUT2D eigenvalue weighted by Gasteiger charge is -2.08. The summed E-state index contributed by atoms with van der Waals surface area (Å²) in [5, 5.41) is 3.77. The molecule has 6 heteroatoms. The van der Waals surface area contributed by atoms with Gasteiger partial charge in [0.05, 0.1) is 12.5 Å². The molecule has 6 nitrogen and oxygen atoms in total. The summed E-state index contributed by atoms with van der Waals surface area (Å²) in [5.74, 6) is 1.49. The number of hydrogen-bond acceptors (Lipinski definition) is 5. The van der Waals surface area contributed by atoms with Crippen molar-refractivity contribution < 1.29 is 18.7 Å². The molecule has 1 amide bonds. The number of carbonyl (C=O) groups is 1. The Morgan fingerprint density at radius 2 is 1.69 bits per heavy atom. The number of benzene rings is 2. The molecule has 0 aliphatic heterocycles. The Morgan fingerprint density at radius 3 is 2.38 bits per heavy atom. The summed E-state index contributed by atoms with van der Waals surface area (Å²) < 4.78 is 16.2. The molecule has 0 radical (unpaired) electrons. The Hall–Kier alpha value is -3.54. The molecule has 1 aromatic heterocycles. The van der Waals surface area contributed by atoms with Gasteiger partial charge in [0.1, 0.15) is 23.9 Å². The summed E-state index contributed by atoms with van der Waals surface area (Å²) in [6.07, 6.45) is 2.94. The number of rotatable bonds is 8. The van der Waals surface area contributed by atoms with E-state index in [1.165, 1.54) is 12.5 Å². The number of carbonyl (C=O) groups excluding carboxylic acids is 1. The van der Waals surface area contributed by atoms with E-state index in [1.807, 2.05) is 30.3 Å². The third-order valence-corrected chi connectivity index (χ3v) is 3.37. The largest absolute Gasteiger partial charge is 0.489 e. The molecule has 0 saturated heterocycles. The lowest BCUT2D eigenvalue weighted by molar-refractivity contribution is -0.123. The minimum atomic E-state index is -0.364. The third-order valence-electron chi connectivity index (χ3n) is 3.37. The van der Waals surface area contributed by atoms with Crippen LogP contribution in [0.25, 0.3) is 0 Å². The van der Waals surface area contributed by atoms with E-state index in [-0.39, 0.29) is 12.5 Å². The predicted octanol–water partition coefficient (Wildman–Crippen LogP) is 3.39. The second kappa shape index (κ2) is 9.08. The highest BCUT2D eigenvalue weighted by Gasteiger charge is 2.02. The van der Waals surface area contributed by atoms with E-state index in [9.17, 15) is 4.79 Å². The molecule has 0 unspecified atom stereocenters. The molecule has 0 aliphatic rings. The monoisotopic (exact) mass is 350 g/mol. The van der Waals surface area contributed by atoms with E-state index in [1.54, 1.807) is 36.4 Å². The fourth-order valence-corrected chi connectivity index (χ4v) is 2.09. The molecule has 0 aliphatic carbocycles. The molecule has 0 fully saturated rings. The minimum Gasteiger partial charge on any atom is -0.489 e. The zero-order valence-electron chi connectivity index (χ0n) is 14.0. The highest BCUT2D eigenvalue weighted by atomic mass is 16.5. The van der Waals surface area contributed by atoms with Crippen molar-refractivity contribution in [3.8, 4) is 11.5 Å². The Labute approximate surface area is 151 Å². The van der Waals surface area contributed by atoms with Gasteiger partial charge in [0, 0.05) is 0 Å². The van der Waals surface area contributed by atoms with Crippen molar-refractivity contribution in [1.29, 1.82) is 0 Å². The second-order valence-corrected chi connectivity index (χ2v) is 5.34. The van der Waals surface area contributed by atoms with Crippen LogP contribution in [0.15, 0.2) is 82.5 Å². The van der Waals surface area contributed by atoms with Crippen LogP contribution in [0.5, 0.6) is 11.5 Å². The molecular weight excluding hydrogens is 332 g/mol. The molecular formula is C20H18N2O4. The molecule has 0 spiro atoms. The average molecular weight is 350 g/mol. The van der Waals surface area contributed by atoms with Crippen molar-refractivity contribution in [3.63, 3.8) is 0 Å². The Bertz CT molecular complexity index is 828. The fourth-order valence-electron chi connectivity index (χ4n) is 2.09. The van der Waals surface area contributed by atoms with Gasteiger partial charge in [-0.3, -0.25) is 4.79 Å². The summed E-state index contributed by atoms with van der Waals surface area (Å²) >= 11 is 0. The molecule has 2 aromatic carbocycles. The van der Waals surface area contributed by atoms with Crippen LogP contribution in [0.1, 0.15) is 11.3 Å². The number of nitrogens with zero attached hydrogens (tertiary/aromatic N) is 1. The van der Waals surface area contributed by atoms with Crippen molar-refractivity contribution >= 4 is 12.1 Å². The predicted molar refractivity (Wildman–Crippen MR) is 97.2 cm³/mol. The Kier molecular flexibility index (Phi) is 6.04. The van der Waals surface area contributed by atoms with E-state index in [4.69, 9.17) is 13.9 Å². The zero-order chi connectivity index (χ0) is 18.0. The number of hydrazone groups is 1. The Balaban J connectivity index is 1.40. The van der Waals surface area contributed by atoms with Gasteiger partial charge in [-0.25, -0.2) is 5.43 Å². The molecule has 3 rings (SSSR count). The molecule has 0 bridgehead atoms. The quantitative estimate of drug-likeness (QED) is 0.499. The van der Waals surface area contributed by atoms with E-state index < -0.39 is 0 Å². The maximum Gasteiger partial charge on any atom is 0.277 e. The minimum absolute atomic E-state index is 0.139. The van der Waals surface area contributed by atoms with Crippen LogP contribution in [0.2, 0.25) is 0 Å². The van der Waals surface area contributed by atoms with Gasteiger partial charge >= 0.3 is 0 Å². The number of hydrogen-bond donors (Lipinski definition) is 1. The van der Waals surface area contributed by atoms with Crippen molar-refractivity contribution in [1.82, 2.24) is 5.43 Å². The molecule has 0 atom stereocenters. The zero-order valence-corrected chi connectivity index (χ0v) is 14.0. The SMILES string of the molecule is O=C(COc1ccc(OCc2ccccc2)cc1)N/N=C\c1ccco1. The molecule has 26 heavy (non-hydrogen) atoms. The molecule has 3 aromatic rings. The van der Waals surface area contributed by atoms with Crippen LogP contribution < -0.4 is 14.9 Å². The molecule has 132 valence electrons. The van der Waals surface area contributed by atoms with Crippen LogP contribution in [0, 0.1) is 0 Å². The molecule has 1 N–H and O–H groups in total. The first-order valence-corrected chi connectivity index (χ1v) is 8.04. The van der Waals surface area contributed by atoms with Gasteiger partial charge in [-0.1, -0.05) is 30.3 Å². The topological polar surface area (TPSA) is 73.1 Å². The summed E-state index contributed by atoms with van der Waals surface area (Å²) in [5.41, 5.74) is 3.46. The summed E-state index contributed by atoms with van der Waals surface area (Å²) in [6.45, 7) is 0.358. The van der Waals surface area contributed by atoms with Crippen LogP contribution in [0.4, 0.5) is 0 Å². The molecule has 0 saturated carbocycles. The van der Waals surface area contributed by atoms with Crippen molar-refractivity contribution in [2.75, 3.05) is 6.61 Å². The lowest BCUT2D eigenvalue weighted by atomic mass is 10.2. The average Bonchev–Trinajstić information content (AvgIpc) is 3.20. The van der Waals surface area contributed by atoms with Gasteiger partial charge < -0.3 is 13.9 Å². The van der Waals surface area contributed by atoms with Gasteiger partial charge in [0.25, 0.3) is 5.91 Å². The van der Waals surface area contributed by atoms with Crippen LogP contribution in [-0.2, 0) is 11.4 Å².